The summed E-state index contributed by atoms with van der Waals surface area (Å²) < 4.78 is 11.1. The number of esters is 2. The molecule has 27 heavy (non-hydrogen) atoms. The van der Waals surface area contributed by atoms with E-state index < -0.39 is 0 Å². The van der Waals surface area contributed by atoms with Gasteiger partial charge in [0, 0.05) is 13.1 Å². The lowest BCUT2D eigenvalue weighted by Crippen LogP contribution is -2.38. The molecule has 6 nitrogen and oxygen atoms in total. The van der Waals surface area contributed by atoms with Crippen molar-refractivity contribution in [2.45, 2.75) is 47.0 Å². The Kier molecular flexibility index (Phi) is 9.03. The van der Waals surface area contributed by atoms with Crippen molar-refractivity contribution < 1.29 is 19.1 Å². The van der Waals surface area contributed by atoms with Gasteiger partial charge in [0.1, 0.15) is 13.2 Å². The van der Waals surface area contributed by atoms with Gasteiger partial charge in [0.2, 0.25) is 0 Å². The lowest BCUT2D eigenvalue weighted by Gasteiger charge is -2.28. The molecule has 0 N–H and O–H groups in total. The number of rotatable bonds is 12. The van der Waals surface area contributed by atoms with Crippen molar-refractivity contribution in [3.8, 4) is 0 Å². The molecule has 2 aliphatic carbocycles. The number of fused-ring (bicyclic) bond motifs is 2. The number of carbonyl (C=O) groups excluding carboxylic acids is 2. The summed E-state index contributed by atoms with van der Waals surface area (Å²) in [6, 6.07) is 0. The monoisotopic (exact) mass is 382 g/mol. The van der Waals surface area contributed by atoms with Crippen LogP contribution in [0.2, 0.25) is 0 Å². The first-order chi connectivity index (χ1) is 13.0. The average Bonchev–Trinajstić information content (AvgIpc) is 3.30. The van der Waals surface area contributed by atoms with Crippen molar-refractivity contribution in [3.05, 3.63) is 0 Å². The Hall–Kier alpha value is -1.14. The number of hydrogen-bond donors (Lipinski definition) is 0. The van der Waals surface area contributed by atoms with Crippen molar-refractivity contribution in [3.63, 3.8) is 0 Å². The van der Waals surface area contributed by atoms with Crippen LogP contribution in [-0.2, 0) is 19.1 Å². The minimum absolute atomic E-state index is 0.194. The summed E-state index contributed by atoms with van der Waals surface area (Å²) in [4.78, 5) is 29.9. The van der Waals surface area contributed by atoms with Gasteiger partial charge in [-0.1, -0.05) is 27.7 Å². The Morgan fingerprint density at radius 3 is 1.44 bits per heavy atom. The molecule has 0 amide bonds. The molecular weight excluding hydrogens is 344 g/mol. The summed E-state index contributed by atoms with van der Waals surface area (Å²) in [5, 5.41) is 0. The second-order valence-corrected chi connectivity index (χ2v) is 7.77. The van der Waals surface area contributed by atoms with E-state index in [1.54, 1.807) is 0 Å². The van der Waals surface area contributed by atoms with Gasteiger partial charge >= 0.3 is 11.9 Å². The lowest BCUT2D eigenvalue weighted by atomic mass is 9.79. The number of nitrogens with zero attached hydrogens (tertiary/aromatic N) is 2. The Balaban J connectivity index is 1.86. The molecular formula is C21H38N2O4. The minimum Gasteiger partial charge on any atom is -0.464 e. The van der Waals surface area contributed by atoms with Crippen molar-refractivity contribution in [2.75, 3.05) is 52.5 Å². The molecule has 6 heteroatoms. The van der Waals surface area contributed by atoms with E-state index in [4.69, 9.17) is 9.47 Å². The molecule has 0 radical (unpaired) electrons. The highest BCUT2D eigenvalue weighted by atomic mass is 16.5. The fourth-order valence-corrected chi connectivity index (χ4v) is 4.79. The van der Waals surface area contributed by atoms with Crippen LogP contribution in [0.25, 0.3) is 0 Å². The van der Waals surface area contributed by atoms with Crippen molar-refractivity contribution in [2.24, 2.45) is 23.7 Å². The van der Waals surface area contributed by atoms with Crippen LogP contribution < -0.4 is 0 Å². The topological polar surface area (TPSA) is 59.1 Å². The summed E-state index contributed by atoms with van der Waals surface area (Å²) in [6.07, 6.45) is 3.03. The van der Waals surface area contributed by atoms with Gasteiger partial charge in [-0.2, -0.15) is 0 Å². The van der Waals surface area contributed by atoms with E-state index in [1.807, 2.05) is 0 Å². The van der Waals surface area contributed by atoms with Gasteiger partial charge in [0.05, 0.1) is 11.8 Å². The van der Waals surface area contributed by atoms with Crippen LogP contribution in [0.3, 0.4) is 0 Å². The van der Waals surface area contributed by atoms with Crippen molar-refractivity contribution in [1.82, 2.24) is 9.80 Å². The molecule has 0 aromatic rings. The Morgan fingerprint density at radius 1 is 0.741 bits per heavy atom. The summed E-state index contributed by atoms with van der Waals surface area (Å²) in [5.41, 5.74) is 0. The quantitative estimate of drug-likeness (QED) is 0.483. The standard InChI is InChI=1S/C21H38N2O4/c1-5-22(6-2)11-13-26-20(24)18-16-9-10-17(15-16)19(18)21(25)27-14-12-23(7-3)8-4/h16-19H,5-15H2,1-4H3/t16-,17-,18-,19-/m0/s1. The third-order valence-corrected chi connectivity index (χ3v) is 6.55. The van der Waals surface area contributed by atoms with Crippen molar-refractivity contribution in [1.29, 1.82) is 0 Å². The highest BCUT2D eigenvalue weighted by molar-refractivity contribution is 5.83. The fourth-order valence-electron chi connectivity index (χ4n) is 4.79. The van der Waals surface area contributed by atoms with E-state index in [2.05, 4.69) is 37.5 Å². The number of ether oxygens (including phenoxy) is 2. The van der Waals surface area contributed by atoms with E-state index in [0.717, 1.165) is 58.5 Å². The Labute approximate surface area is 164 Å². The number of likely N-dealkylation sites (N-methyl/N-ethyl adjacent to an activating group) is 2. The largest absolute Gasteiger partial charge is 0.464 e. The average molecular weight is 383 g/mol. The molecule has 0 unspecified atom stereocenters. The molecule has 4 atom stereocenters. The molecule has 0 saturated heterocycles. The van der Waals surface area contributed by atoms with Crippen LogP contribution in [-0.4, -0.2) is 74.2 Å². The first kappa shape index (κ1) is 22.2. The maximum absolute atomic E-state index is 12.7. The maximum Gasteiger partial charge on any atom is 0.310 e. The normalized spacial score (nSPS) is 26.7. The second kappa shape index (κ2) is 11.0. The summed E-state index contributed by atoms with van der Waals surface area (Å²) in [6.45, 7) is 14.5. The van der Waals surface area contributed by atoms with Gasteiger partial charge in [-0.05, 0) is 57.3 Å². The first-order valence-corrected chi connectivity index (χ1v) is 10.8. The predicted molar refractivity (Wildman–Crippen MR) is 105 cm³/mol. The molecule has 2 saturated carbocycles. The summed E-state index contributed by atoms with van der Waals surface area (Å²) >= 11 is 0. The fraction of sp³-hybridized carbons (Fsp3) is 0.905. The van der Waals surface area contributed by atoms with Crippen LogP contribution in [0.1, 0.15) is 47.0 Å². The van der Waals surface area contributed by atoms with Crippen LogP contribution >= 0.6 is 0 Å². The third-order valence-electron chi connectivity index (χ3n) is 6.55. The van der Waals surface area contributed by atoms with Gasteiger partial charge < -0.3 is 19.3 Å². The zero-order valence-corrected chi connectivity index (χ0v) is 17.6. The first-order valence-electron chi connectivity index (χ1n) is 10.8. The Bertz CT molecular complexity index is 435. The number of carbonyl (C=O) groups is 2. The molecule has 2 fully saturated rings. The second-order valence-electron chi connectivity index (χ2n) is 7.77. The SMILES string of the molecule is CCN(CC)CCOC(=O)[C@H]1[C@H]2CC[C@@H](C2)[C@@H]1C(=O)OCCN(CC)CC. The molecule has 2 aliphatic rings. The van der Waals surface area contributed by atoms with Crippen LogP contribution in [0.4, 0.5) is 0 Å². The Morgan fingerprint density at radius 2 is 1.11 bits per heavy atom. The zero-order valence-electron chi connectivity index (χ0n) is 17.6. The van der Waals surface area contributed by atoms with Gasteiger partial charge in [-0.3, -0.25) is 9.59 Å². The molecule has 2 rings (SSSR count). The smallest absolute Gasteiger partial charge is 0.310 e. The highest BCUT2D eigenvalue weighted by Gasteiger charge is 2.55. The third kappa shape index (κ3) is 5.67. The van der Waals surface area contributed by atoms with E-state index in [1.165, 1.54) is 0 Å². The van der Waals surface area contributed by atoms with Crippen molar-refractivity contribution >= 4 is 11.9 Å². The van der Waals surface area contributed by atoms with Gasteiger partial charge in [0.15, 0.2) is 0 Å². The summed E-state index contributed by atoms with van der Waals surface area (Å²) in [7, 11) is 0. The number of hydrogen-bond acceptors (Lipinski definition) is 6. The zero-order chi connectivity index (χ0) is 19.8. The van der Waals surface area contributed by atoms with Crippen LogP contribution in [0.5, 0.6) is 0 Å². The van der Waals surface area contributed by atoms with E-state index >= 15 is 0 Å². The molecule has 2 bridgehead atoms. The molecule has 156 valence electrons. The summed E-state index contributed by atoms with van der Waals surface area (Å²) in [5.74, 6) is -0.421. The van der Waals surface area contributed by atoms with Gasteiger partial charge in [-0.25, -0.2) is 0 Å². The van der Waals surface area contributed by atoms with E-state index in [9.17, 15) is 9.59 Å². The molecule has 0 aromatic carbocycles. The highest BCUT2D eigenvalue weighted by Crippen LogP contribution is 2.53. The van der Waals surface area contributed by atoms with E-state index in [-0.39, 0.29) is 35.6 Å². The molecule has 0 spiro atoms. The van der Waals surface area contributed by atoms with Gasteiger partial charge in [-0.15, -0.1) is 0 Å². The minimum atomic E-state index is -0.304. The van der Waals surface area contributed by atoms with Crippen LogP contribution in [0, 0.1) is 23.7 Å². The van der Waals surface area contributed by atoms with E-state index in [0.29, 0.717) is 13.2 Å². The molecule has 0 aromatic heterocycles. The van der Waals surface area contributed by atoms with Gasteiger partial charge in [0.25, 0.3) is 0 Å². The molecule has 0 aliphatic heterocycles. The van der Waals surface area contributed by atoms with Crippen LogP contribution in [0.15, 0.2) is 0 Å². The maximum atomic E-state index is 12.7. The predicted octanol–water partition coefficient (Wildman–Crippen LogP) is 2.42. The lowest BCUT2D eigenvalue weighted by molar-refractivity contribution is -0.163. The molecule has 0 heterocycles.